The number of aryl methyl sites for hydroxylation is 1. The molecule has 2 saturated carbocycles. The molecular weight excluding hydrogens is 444 g/mol. The Morgan fingerprint density at radius 3 is 2.83 bits per heavy atom. The summed E-state index contributed by atoms with van der Waals surface area (Å²) in [5.41, 5.74) is 4.35. The minimum absolute atomic E-state index is 0.0414. The van der Waals surface area contributed by atoms with Crippen molar-refractivity contribution in [3.63, 3.8) is 0 Å². The summed E-state index contributed by atoms with van der Waals surface area (Å²) in [6, 6.07) is 1.90. The van der Waals surface area contributed by atoms with Crippen LogP contribution >= 0.6 is 0 Å². The monoisotopic (exact) mass is 472 g/mol. The summed E-state index contributed by atoms with van der Waals surface area (Å²) in [5, 5.41) is 7.31. The molecule has 35 heavy (non-hydrogen) atoms. The predicted octanol–water partition coefficient (Wildman–Crippen LogP) is 4.08. The third-order valence-electron chi connectivity index (χ3n) is 7.96. The first-order valence-corrected chi connectivity index (χ1v) is 12.4. The van der Waals surface area contributed by atoms with Gasteiger partial charge >= 0.3 is 0 Å². The quantitative estimate of drug-likeness (QED) is 0.470. The third-order valence-corrected chi connectivity index (χ3v) is 7.96. The van der Waals surface area contributed by atoms with Gasteiger partial charge in [0.1, 0.15) is 17.1 Å². The average Bonchev–Trinajstić information content (AvgIpc) is 3.56. The maximum atomic E-state index is 13.5. The molecule has 0 aromatic carbocycles. The summed E-state index contributed by atoms with van der Waals surface area (Å²) in [5.74, 6) is 0.304. The summed E-state index contributed by atoms with van der Waals surface area (Å²) >= 11 is 0. The zero-order chi connectivity index (χ0) is 23.8. The number of aromatic nitrogens is 5. The van der Waals surface area contributed by atoms with Crippen molar-refractivity contribution >= 4 is 22.9 Å². The van der Waals surface area contributed by atoms with E-state index < -0.39 is 0 Å². The smallest absolute Gasteiger partial charge is 0.261 e. The van der Waals surface area contributed by atoms with Crippen molar-refractivity contribution in [1.29, 1.82) is 0 Å². The number of amides is 1. The van der Waals surface area contributed by atoms with Gasteiger partial charge in [-0.2, -0.15) is 5.10 Å². The Hall–Kier alpha value is -3.46. The van der Waals surface area contributed by atoms with Crippen LogP contribution in [0.4, 0.5) is 5.69 Å². The van der Waals surface area contributed by atoms with E-state index in [1.165, 1.54) is 0 Å². The highest BCUT2D eigenvalue weighted by Crippen LogP contribution is 2.53. The number of carbonyl (C=O) groups is 1. The first kappa shape index (κ1) is 20.9. The van der Waals surface area contributed by atoms with Gasteiger partial charge in [0.2, 0.25) is 0 Å². The number of pyridine rings is 1. The van der Waals surface area contributed by atoms with Crippen LogP contribution in [0.15, 0.2) is 37.1 Å². The van der Waals surface area contributed by atoms with Crippen LogP contribution in [-0.4, -0.2) is 48.2 Å². The van der Waals surface area contributed by atoms with Crippen LogP contribution in [0.25, 0.3) is 11.3 Å². The summed E-state index contributed by atoms with van der Waals surface area (Å²) in [6.45, 7) is 4.85. The van der Waals surface area contributed by atoms with E-state index in [9.17, 15) is 4.79 Å². The maximum absolute atomic E-state index is 13.5. The fourth-order valence-corrected chi connectivity index (χ4v) is 5.70. The lowest BCUT2D eigenvalue weighted by molar-refractivity contribution is -0.00627. The number of imidazole rings is 1. The van der Waals surface area contributed by atoms with Gasteiger partial charge in [0.05, 0.1) is 35.8 Å². The molecule has 9 nitrogen and oxygen atoms in total. The first-order valence-electron chi connectivity index (χ1n) is 12.4. The molecular formula is C26H28N6O3. The van der Waals surface area contributed by atoms with Gasteiger partial charge in [-0.05, 0) is 57.9 Å². The molecule has 0 spiro atoms. The van der Waals surface area contributed by atoms with Crippen LogP contribution in [-0.2, 0) is 10.2 Å². The molecule has 3 fully saturated rings. The molecule has 7 rings (SSSR count). The van der Waals surface area contributed by atoms with Gasteiger partial charge in [0, 0.05) is 36.3 Å². The Morgan fingerprint density at radius 1 is 1.23 bits per heavy atom. The number of anilines is 1. The number of nitrogens with zero attached hydrogens (tertiary/aromatic N) is 5. The molecule has 2 atom stereocenters. The molecule has 1 N–H and O–H groups in total. The van der Waals surface area contributed by atoms with Crippen molar-refractivity contribution < 1.29 is 14.3 Å². The van der Waals surface area contributed by atoms with Crippen LogP contribution in [0.1, 0.15) is 67.1 Å². The van der Waals surface area contributed by atoms with E-state index in [0.717, 1.165) is 55.4 Å². The molecule has 1 saturated heterocycles. The second-order valence-electron chi connectivity index (χ2n) is 10.7. The molecule has 1 amide bonds. The number of carbonyl (C=O) groups excluding carboxylic acids is 1. The van der Waals surface area contributed by atoms with Crippen LogP contribution in [0.5, 0.6) is 5.75 Å². The molecule has 2 aliphatic carbocycles. The second-order valence-corrected chi connectivity index (χ2v) is 10.7. The van der Waals surface area contributed by atoms with E-state index in [-0.39, 0.29) is 23.0 Å². The Labute approximate surface area is 202 Å². The van der Waals surface area contributed by atoms with E-state index in [4.69, 9.17) is 14.5 Å². The number of hydrogen-bond acceptors (Lipinski definition) is 6. The molecule has 4 aromatic heterocycles. The third kappa shape index (κ3) is 3.32. The topological polar surface area (TPSA) is 95.1 Å². The number of fused-ring (bicyclic) bond motifs is 4. The number of nitrogens with one attached hydrogen (secondary N) is 1. The molecule has 1 aliphatic heterocycles. The molecule has 4 aromatic rings. The van der Waals surface area contributed by atoms with E-state index in [1.807, 2.05) is 29.8 Å². The van der Waals surface area contributed by atoms with Crippen LogP contribution in [0.3, 0.4) is 0 Å². The van der Waals surface area contributed by atoms with Gasteiger partial charge in [0.15, 0.2) is 5.65 Å². The van der Waals surface area contributed by atoms with E-state index in [0.29, 0.717) is 29.3 Å². The molecule has 2 bridgehead atoms. The lowest BCUT2D eigenvalue weighted by Gasteiger charge is -2.27. The van der Waals surface area contributed by atoms with Gasteiger partial charge in [-0.15, -0.1) is 0 Å². The van der Waals surface area contributed by atoms with Crippen molar-refractivity contribution in [3.05, 3.63) is 53.9 Å². The zero-order valence-electron chi connectivity index (χ0n) is 20.0. The van der Waals surface area contributed by atoms with Crippen LogP contribution in [0.2, 0.25) is 0 Å². The maximum Gasteiger partial charge on any atom is 0.261 e. The second kappa shape index (κ2) is 7.27. The van der Waals surface area contributed by atoms with Gasteiger partial charge in [-0.3, -0.25) is 4.79 Å². The Balaban J connectivity index is 1.26. The fourth-order valence-electron chi connectivity index (χ4n) is 5.70. The highest BCUT2D eigenvalue weighted by atomic mass is 16.5. The summed E-state index contributed by atoms with van der Waals surface area (Å²) in [6.07, 6.45) is 15.6. The zero-order valence-corrected chi connectivity index (χ0v) is 20.0. The fraction of sp³-hybridized carbons (Fsp3) is 0.462. The summed E-state index contributed by atoms with van der Waals surface area (Å²) in [7, 11) is 0. The number of hydrogen-bond donors (Lipinski definition) is 1. The largest absolute Gasteiger partial charge is 0.489 e. The van der Waals surface area contributed by atoms with Crippen LogP contribution in [0, 0.1) is 6.92 Å². The van der Waals surface area contributed by atoms with E-state index in [2.05, 4.69) is 28.5 Å². The summed E-state index contributed by atoms with van der Waals surface area (Å²) < 4.78 is 16.0. The number of ether oxygens (including phenoxy) is 2. The van der Waals surface area contributed by atoms with Gasteiger partial charge in [0.25, 0.3) is 5.91 Å². The SMILES string of the molecule is Cc1cnc2c(NC(=O)c3cn4cc(C56CCC(C)(C5)OC6)nc4cc3OC3CCC3)cnn2c1. The van der Waals surface area contributed by atoms with Crippen molar-refractivity contribution in [1.82, 2.24) is 24.0 Å². The first-order chi connectivity index (χ1) is 16.9. The lowest BCUT2D eigenvalue weighted by atomic mass is 9.84. The highest BCUT2D eigenvalue weighted by molar-refractivity contribution is 6.07. The van der Waals surface area contributed by atoms with E-state index in [1.54, 1.807) is 16.9 Å². The predicted molar refractivity (Wildman–Crippen MR) is 129 cm³/mol. The minimum atomic E-state index is -0.260. The highest BCUT2D eigenvalue weighted by Gasteiger charge is 2.55. The summed E-state index contributed by atoms with van der Waals surface area (Å²) in [4.78, 5) is 22.9. The molecule has 5 heterocycles. The Bertz CT molecular complexity index is 1480. The van der Waals surface area contributed by atoms with E-state index >= 15 is 0 Å². The minimum Gasteiger partial charge on any atom is -0.489 e. The molecule has 9 heteroatoms. The molecule has 0 radical (unpaired) electrons. The average molecular weight is 473 g/mol. The van der Waals surface area contributed by atoms with Gasteiger partial charge in [-0.1, -0.05) is 0 Å². The van der Waals surface area contributed by atoms with Crippen molar-refractivity contribution in [2.75, 3.05) is 11.9 Å². The lowest BCUT2D eigenvalue weighted by Crippen LogP contribution is -2.26. The Morgan fingerprint density at radius 2 is 2.11 bits per heavy atom. The Kier molecular flexibility index (Phi) is 4.34. The van der Waals surface area contributed by atoms with Crippen molar-refractivity contribution in [3.8, 4) is 5.75 Å². The van der Waals surface area contributed by atoms with Gasteiger partial charge < -0.3 is 19.2 Å². The molecule has 3 aliphatic rings. The molecule has 180 valence electrons. The standard InChI is InChI=1S/C26H28N6O3/c1-16-9-27-23-19(10-28-32(23)11-16)29-24(33)18-12-31-13-21(26-7-6-25(2,14-26)34-15-26)30-22(31)8-20(18)35-17-4-3-5-17/h8-13,17H,3-7,14-15H2,1-2H3,(H,29,33). The van der Waals surface area contributed by atoms with Crippen molar-refractivity contribution in [2.45, 2.75) is 69.5 Å². The van der Waals surface area contributed by atoms with Crippen LogP contribution < -0.4 is 10.1 Å². The number of rotatable bonds is 5. The van der Waals surface area contributed by atoms with Gasteiger partial charge in [-0.25, -0.2) is 14.5 Å². The van der Waals surface area contributed by atoms with Crippen molar-refractivity contribution in [2.24, 2.45) is 0 Å². The molecule has 2 unspecified atom stereocenters. The normalized spacial score (nSPS) is 25.9.